The van der Waals surface area contributed by atoms with Gasteiger partial charge in [0, 0.05) is 11.3 Å². The van der Waals surface area contributed by atoms with Crippen molar-refractivity contribution in [3.05, 3.63) is 71.8 Å². The van der Waals surface area contributed by atoms with Crippen molar-refractivity contribution < 1.29 is 27.9 Å². The van der Waals surface area contributed by atoms with Crippen LogP contribution >= 0.6 is 0 Å². The highest BCUT2D eigenvalue weighted by molar-refractivity contribution is 5.94. The van der Waals surface area contributed by atoms with Gasteiger partial charge in [0.1, 0.15) is 5.75 Å². The minimum Gasteiger partial charge on any atom is -0.494 e. The molecule has 0 aliphatic rings. The predicted octanol–water partition coefficient (Wildman–Crippen LogP) is 5.51. The van der Waals surface area contributed by atoms with Crippen molar-refractivity contribution in [3.8, 4) is 16.9 Å². The van der Waals surface area contributed by atoms with Crippen LogP contribution in [0.3, 0.4) is 0 Å². The first-order valence-corrected chi connectivity index (χ1v) is 9.94. The molecule has 0 saturated heterocycles. The molecule has 1 amide bonds. The van der Waals surface area contributed by atoms with Gasteiger partial charge in [-0.1, -0.05) is 18.2 Å². The molecule has 0 spiro atoms. The first-order chi connectivity index (χ1) is 15.8. The zero-order valence-electron chi connectivity index (χ0n) is 17.3. The average Bonchev–Trinajstić information content (AvgIpc) is 3.19. The van der Waals surface area contributed by atoms with Gasteiger partial charge in [-0.05, 0) is 60.5 Å². The van der Waals surface area contributed by atoms with E-state index in [1.54, 1.807) is 48.8 Å². The Bertz CT molecular complexity index is 1320. The summed E-state index contributed by atoms with van der Waals surface area (Å²) < 4.78 is 47.1. The normalized spacial score (nSPS) is 11.4. The zero-order valence-corrected chi connectivity index (χ0v) is 17.3. The van der Waals surface area contributed by atoms with Gasteiger partial charge in [-0.3, -0.25) is 10.0 Å². The summed E-state index contributed by atoms with van der Waals surface area (Å²) in [5, 5.41) is 11.7. The molecule has 0 aliphatic heterocycles. The van der Waals surface area contributed by atoms with Crippen molar-refractivity contribution in [2.75, 3.05) is 11.9 Å². The number of carbonyl (C=O) groups is 1. The second kappa shape index (κ2) is 8.83. The Kier molecular flexibility index (Phi) is 5.93. The van der Waals surface area contributed by atoms with Crippen molar-refractivity contribution >= 4 is 28.6 Å². The molecule has 4 rings (SSSR count). The molecular formula is C23H19F3N4O3. The van der Waals surface area contributed by atoms with E-state index in [-0.39, 0.29) is 22.6 Å². The zero-order chi connectivity index (χ0) is 23.6. The molecule has 33 heavy (non-hydrogen) atoms. The van der Waals surface area contributed by atoms with Gasteiger partial charge < -0.3 is 15.0 Å². The molecule has 7 nitrogen and oxygen atoms in total. The van der Waals surface area contributed by atoms with Crippen LogP contribution in [0, 0.1) is 0 Å². The minimum atomic E-state index is -4.59. The van der Waals surface area contributed by atoms with E-state index in [1.807, 2.05) is 0 Å². The number of alkyl halides is 3. The Labute approximate surface area is 186 Å². The largest absolute Gasteiger partial charge is 0.494 e. The molecule has 1 heterocycles. The number of fused-ring (bicyclic) bond motifs is 1. The third-order valence-corrected chi connectivity index (χ3v) is 4.87. The van der Waals surface area contributed by atoms with Crippen LogP contribution in [0.4, 0.5) is 24.8 Å². The second-order valence-electron chi connectivity index (χ2n) is 7.11. The molecule has 0 unspecified atom stereocenters. The Hall–Kier alpha value is -4.05. The molecule has 0 saturated carbocycles. The maximum atomic E-state index is 13.9. The van der Waals surface area contributed by atoms with E-state index in [9.17, 15) is 18.0 Å². The number of nitrogens with one attached hydrogen (secondary N) is 3. The van der Waals surface area contributed by atoms with Gasteiger partial charge in [0.25, 0.3) is 5.91 Å². The summed E-state index contributed by atoms with van der Waals surface area (Å²) in [5.74, 6) is -0.0312. The molecule has 4 N–H and O–H groups in total. The van der Waals surface area contributed by atoms with E-state index in [1.165, 1.54) is 18.2 Å². The number of H-pyrrole nitrogens is 1. The highest BCUT2D eigenvalue weighted by Crippen LogP contribution is 2.40. The lowest BCUT2D eigenvalue weighted by atomic mass is 9.98. The van der Waals surface area contributed by atoms with E-state index in [2.05, 4.69) is 15.3 Å². The fourth-order valence-electron chi connectivity index (χ4n) is 3.45. The molecule has 10 heteroatoms. The van der Waals surface area contributed by atoms with Gasteiger partial charge in [0.05, 0.1) is 23.2 Å². The number of imidazole rings is 1. The van der Waals surface area contributed by atoms with E-state index in [4.69, 9.17) is 9.94 Å². The van der Waals surface area contributed by atoms with Gasteiger partial charge in [0.15, 0.2) is 0 Å². The van der Waals surface area contributed by atoms with Crippen molar-refractivity contribution in [2.45, 2.75) is 13.1 Å². The first-order valence-electron chi connectivity index (χ1n) is 9.94. The van der Waals surface area contributed by atoms with Crippen LogP contribution in [0.1, 0.15) is 22.8 Å². The summed E-state index contributed by atoms with van der Waals surface area (Å²) in [5.41, 5.74) is 2.24. The second-order valence-corrected chi connectivity index (χ2v) is 7.11. The molecule has 0 fully saturated rings. The standard InChI is InChI=1S/C23H19F3N4O3/c1-2-33-16-8-4-5-13(10-16)17-11-19-20(12-18(17)23(24,25)26)29-22(28-19)27-15-7-3-6-14(9-15)21(31)30-32/h3-12,32H,2H2,1H3,(H,30,31)(H2,27,28,29). The molecule has 1 aromatic heterocycles. The van der Waals surface area contributed by atoms with E-state index in [0.29, 0.717) is 29.1 Å². The Balaban J connectivity index is 1.75. The number of hydrogen-bond donors (Lipinski definition) is 4. The summed E-state index contributed by atoms with van der Waals surface area (Å²) in [4.78, 5) is 18.8. The lowest BCUT2D eigenvalue weighted by molar-refractivity contribution is -0.137. The number of rotatable bonds is 6. The van der Waals surface area contributed by atoms with Crippen molar-refractivity contribution in [1.82, 2.24) is 15.4 Å². The number of halogens is 3. The smallest absolute Gasteiger partial charge is 0.417 e. The number of aromatic amines is 1. The quantitative estimate of drug-likeness (QED) is 0.227. The fraction of sp³-hybridized carbons (Fsp3) is 0.130. The minimum absolute atomic E-state index is 0.0174. The number of benzene rings is 3. The van der Waals surface area contributed by atoms with Crippen molar-refractivity contribution in [2.24, 2.45) is 0 Å². The van der Waals surface area contributed by atoms with Crippen LogP contribution in [0.25, 0.3) is 22.2 Å². The van der Waals surface area contributed by atoms with E-state index in [0.717, 1.165) is 6.07 Å². The van der Waals surface area contributed by atoms with Crippen LogP contribution in [0.2, 0.25) is 0 Å². The van der Waals surface area contributed by atoms with Crippen molar-refractivity contribution in [1.29, 1.82) is 0 Å². The molecule has 0 aliphatic carbocycles. The maximum Gasteiger partial charge on any atom is 0.417 e. The molecule has 3 aromatic carbocycles. The summed E-state index contributed by atoms with van der Waals surface area (Å²) in [6.45, 7) is 2.19. The van der Waals surface area contributed by atoms with Crippen LogP contribution in [0.15, 0.2) is 60.7 Å². The molecule has 0 atom stereocenters. The average molecular weight is 456 g/mol. The number of amides is 1. The van der Waals surface area contributed by atoms with Crippen molar-refractivity contribution in [3.63, 3.8) is 0 Å². The number of carbonyl (C=O) groups excluding carboxylic acids is 1. The van der Waals surface area contributed by atoms with Crippen LogP contribution in [-0.4, -0.2) is 27.7 Å². The van der Waals surface area contributed by atoms with Crippen LogP contribution < -0.4 is 15.5 Å². The molecule has 0 bridgehead atoms. The summed E-state index contributed by atoms with van der Waals surface area (Å²) in [6, 6.07) is 15.0. The highest BCUT2D eigenvalue weighted by Gasteiger charge is 2.34. The maximum absolute atomic E-state index is 13.9. The van der Waals surface area contributed by atoms with Gasteiger partial charge in [-0.15, -0.1) is 0 Å². The Morgan fingerprint density at radius 2 is 1.91 bits per heavy atom. The van der Waals surface area contributed by atoms with E-state index < -0.39 is 17.6 Å². The summed E-state index contributed by atoms with van der Waals surface area (Å²) in [7, 11) is 0. The van der Waals surface area contributed by atoms with Gasteiger partial charge in [-0.2, -0.15) is 13.2 Å². The van der Waals surface area contributed by atoms with E-state index >= 15 is 0 Å². The SMILES string of the molecule is CCOc1cccc(-c2cc3nc(Nc4cccc(C(=O)NO)c4)[nH]c3cc2C(F)(F)F)c1. The van der Waals surface area contributed by atoms with Gasteiger partial charge >= 0.3 is 6.18 Å². The topological polar surface area (TPSA) is 99.3 Å². The summed E-state index contributed by atoms with van der Waals surface area (Å²) in [6.07, 6.45) is -4.59. The lowest BCUT2D eigenvalue weighted by Gasteiger charge is -2.14. The monoisotopic (exact) mass is 456 g/mol. The lowest BCUT2D eigenvalue weighted by Crippen LogP contribution is -2.18. The third-order valence-electron chi connectivity index (χ3n) is 4.87. The third kappa shape index (κ3) is 4.75. The molecular weight excluding hydrogens is 437 g/mol. The van der Waals surface area contributed by atoms with Crippen LogP contribution in [-0.2, 0) is 6.18 Å². The number of hydrogen-bond acceptors (Lipinski definition) is 5. The Morgan fingerprint density at radius 3 is 2.64 bits per heavy atom. The van der Waals surface area contributed by atoms with Crippen LogP contribution in [0.5, 0.6) is 5.75 Å². The Morgan fingerprint density at radius 1 is 1.12 bits per heavy atom. The highest BCUT2D eigenvalue weighted by atomic mass is 19.4. The number of nitrogens with zero attached hydrogens (tertiary/aromatic N) is 1. The molecule has 0 radical (unpaired) electrons. The predicted molar refractivity (Wildman–Crippen MR) is 117 cm³/mol. The number of anilines is 2. The first kappa shape index (κ1) is 22.2. The fourth-order valence-corrected chi connectivity index (χ4v) is 3.45. The number of aromatic nitrogens is 2. The number of hydroxylamine groups is 1. The van der Waals surface area contributed by atoms with Gasteiger partial charge in [0.2, 0.25) is 5.95 Å². The van der Waals surface area contributed by atoms with Gasteiger partial charge in [-0.25, -0.2) is 10.5 Å². The summed E-state index contributed by atoms with van der Waals surface area (Å²) >= 11 is 0. The number of ether oxygens (including phenoxy) is 1. The molecule has 170 valence electrons. The molecule has 4 aromatic rings.